The number of rotatable bonds is 4. The van der Waals surface area contributed by atoms with Crippen LogP contribution in [-0.2, 0) is 0 Å². The highest BCUT2D eigenvalue weighted by Crippen LogP contribution is 2.29. The molecule has 1 aromatic carbocycles. The predicted octanol–water partition coefficient (Wildman–Crippen LogP) is 1.19. The summed E-state index contributed by atoms with van der Waals surface area (Å²) in [5.41, 5.74) is 6.38. The van der Waals surface area contributed by atoms with Crippen molar-refractivity contribution in [2.24, 2.45) is 5.73 Å². The molecule has 0 aromatic heterocycles. The molecule has 0 aliphatic heterocycles. The molecule has 15 heavy (non-hydrogen) atoms. The highest BCUT2D eigenvalue weighted by Gasteiger charge is 2.06. The molecule has 4 heteroatoms. The zero-order chi connectivity index (χ0) is 11.3. The molecular formula is C11H13NO3. The number of phenols is 1. The van der Waals surface area contributed by atoms with E-state index in [4.69, 9.17) is 10.5 Å². The Balaban J connectivity index is 3.22. The standard InChI is InChI=1S/C11H13NO3/c1-15-11-6-8(3-2-4-12)9(7-13)5-10(11)14/h2-3,5-7,14H,4,12H2,1H3/b3-2+. The Morgan fingerprint density at radius 3 is 2.73 bits per heavy atom. The van der Waals surface area contributed by atoms with Crippen LogP contribution in [0.25, 0.3) is 6.08 Å². The molecule has 0 aliphatic rings. The first-order valence-electron chi connectivity index (χ1n) is 4.45. The number of aldehydes is 1. The minimum absolute atomic E-state index is 0.0514. The summed E-state index contributed by atoms with van der Waals surface area (Å²) in [5.74, 6) is 0.279. The number of carbonyl (C=O) groups is 1. The summed E-state index contributed by atoms with van der Waals surface area (Å²) >= 11 is 0. The van der Waals surface area contributed by atoms with Crippen molar-refractivity contribution in [2.45, 2.75) is 0 Å². The Hall–Kier alpha value is -1.81. The number of carbonyl (C=O) groups excluding carboxylic acids is 1. The predicted molar refractivity (Wildman–Crippen MR) is 58.1 cm³/mol. The van der Waals surface area contributed by atoms with E-state index in [-0.39, 0.29) is 5.75 Å². The number of hydrogen-bond donors (Lipinski definition) is 2. The molecule has 1 aromatic rings. The zero-order valence-corrected chi connectivity index (χ0v) is 8.43. The number of phenolic OH excluding ortho intramolecular Hbond substituents is 1. The summed E-state index contributed by atoms with van der Waals surface area (Å²) in [7, 11) is 1.45. The molecule has 3 N–H and O–H groups in total. The van der Waals surface area contributed by atoms with Gasteiger partial charge >= 0.3 is 0 Å². The maximum absolute atomic E-state index is 10.7. The summed E-state index contributed by atoms with van der Waals surface area (Å²) in [6.07, 6.45) is 4.11. The van der Waals surface area contributed by atoms with Crippen LogP contribution in [0.5, 0.6) is 11.5 Å². The Morgan fingerprint density at radius 1 is 1.47 bits per heavy atom. The van der Waals surface area contributed by atoms with Crippen LogP contribution in [0, 0.1) is 0 Å². The number of aromatic hydroxyl groups is 1. The van der Waals surface area contributed by atoms with Crippen molar-refractivity contribution < 1.29 is 14.6 Å². The lowest BCUT2D eigenvalue weighted by molar-refractivity contribution is 0.112. The van der Waals surface area contributed by atoms with Crippen LogP contribution in [0.15, 0.2) is 18.2 Å². The van der Waals surface area contributed by atoms with Crippen molar-refractivity contribution in [1.82, 2.24) is 0 Å². The molecule has 0 heterocycles. The lowest BCUT2D eigenvalue weighted by Crippen LogP contribution is -1.94. The van der Waals surface area contributed by atoms with E-state index < -0.39 is 0 Å². The number of hydrogen-bond acceptors (Lipinski definition) is 4. The van der Waals surface area contributed by atoms with Crippen molar-refractivity contribution in [3.05, 3.63) is 29.3 Å². The first kappa shape index (κ1) is 11.3. The topological polar surface area (TPSA) is 72.5 Å². The summed E-state index contributed by atoms with van der Waals surface area (Å²) in [6, 6.07) is 2.95. The fraction of sp³-hybridized carbons (Fsp3) is 0.182. The van der Waals surface area contributed by atoms with Crippen molar-refractivity contribution in [3.63, 3.8) is 0 Å². The summed E-state index contributed by atoms with van der Waals surface area (Å²) in [4.78, 5) is 10.7. The molecule has 0 saturated carbocycles. The zero-order valence-electron chi connectivity index (χ0n) is 8.43. The van der Waals surface area contributed by atoms with Crippen molar-refractivity contribution in [1.29, 1.82) is 0 Å². The Kier molecular flexibility index (Phi) is 3.88. The highest BCUT2D eigenvalue weighted by molar-refractivity contribution is 5.83. The van der Waals surface area contributed by atoms with Crippen LogP contribution >= 0.6 is 0 Å². The first-order chi connectivity index (χ1) is 7.22. The largest absolute Gasteiger partial charge is 0.504 e. The van der Waals surface area contributed by atoms with Gasteiger partial charge in [0.05, 0.1) is 7.11 Å². The quantitative estimate of drug-likeness (QED) is 0.727. The normalized spacial score (nSPS) is 10.5. The van der Waals surface area contributed by atoms with Gasteiger partial charge in [-0.15, -0.1) is 0 Å². The average molecular weight is 207 g/mol. The fourth-order valence-electron chi connectivity index (χ4n) is 1.21. The van der Waals surface area contributed by atoms with E-state index in [2.05, 4.69) is 0 Å². The highest BCUT2D eigenvalue weighted by atomic mass is 16.5. The number of ether oxygens (including phenoxy) is 1. The maximum atomic E-state index is 10.7. The van der Waals surface area contributed by atoms with Gasteiger partial charge in [0.15, 0.2) is 17.8 Å². The van der Waals surface area contributed by atoms with Gasteiger partial charge in [0.1, 0.15) is 0 Å². The van der Waals surface area contributed by atoms with Crippen molar-refractivity contribution in [2.75, 3.05) is 13.7 Å². The summed E-state index contributed by atoms with van der Waals surface area (Å²) in [6.45, 7) is 0.390. The Labute approximate surface area is 88.0 Å². The van der Waals surface area contributed by atoms with E-state index in [1.165, 1.54) is 13.2 Å². The van der Waals surface area contributed by atoms with Crippen LogP contribution in [0.3, 0.4) is 0 Å². The van der Waals surface area contributed by atoms with Crippen molar-refractivity contribution in [3.8, 4) is 11.5 Å². The number of methoxy groups -OCH3 is 1. The van der Waals surface area contributed by atoms with Crippen LogP contribution in [0.4, 0.5) is 0 Å². The smallest absolute Gasteiger partial charge is 0.161 e. The molecule has 0 spiro atoms. The molecule has 0 bridgehead atoms. The third kappa shape index (κ3) is 2.57. The van der Waals surface area contributed by atoms with Crippen LogP contribution in [-0.4, -0.2) is 25.0 Å². The lowest BCUT2D eigenvalue weighted by atomic mass is 10.1. The molecule has 0 unspecified atom stereocenters. The summed E-state index contributed by atoms with van der Waals surface area (Å²) < 4.78 is 4.93. The first-order valence-corrected chi connectivity index (χ1v) is 4.45. The summed E-state index contributed by atoms with van der Waals surface area (Å²) in [5, 5.41) is 9.44. The molecule has 0 amide bonds. The Bertz CT molecular complexity index is 386. The molecule has 0 fully saturated rings. The molecular weight excluding hydrogens is 194 g/mol. The third-order valence-electron chi connectivity index (χ3n) is 1.94. The minimum Gasteiger partial charge on any atom is -0.504 e. The van der Waals surface area contributed by atoms with E-state index >= 15 is 0 Å². The second kappa shape index (κ2) is 5.17. The monoisotopic (exact) mass is 207 g/mol. The Morgan fingerprint density at radius 2 is 2.20 bits per heavy atom. The van der Waals surface area contributed by atoms with Gasteiger partial charge in [-0.3, -0.25) is 4.79 Å². The maximum Gasteiger partial charge on any atom is 0.161 e. The van der Waals surface area contributed by atoms with Gasteiger partial charge in [-0.2, -0.15) is 0 Å². The fourth-order valence-corrected chi connectivity index (χ4v) is 1.21. The minimum atomic E-state index is -0.0514. The second-order valence-electron chi connectivity index (χ2n) is 2.91. The molecule has 80 valence electrons. The number of nitrogens with two attached hydrogens (primary N) is 1. The van der Waals surface area contributed by atoms with Gasteiger partial charge < -0.3 is 15.6 Å². The van der Waals surface area contributed by atoms with Crippen LogP contribution < -0.4 is 10.5 Å². The molecule has 0 radical (unpaired) electrons. The van der Waals surface area contributed by atoms with Crippen molar-refractivity contribution >= 4 is 12.4 Å². The van der Waals surface area contributed by atoms with Gasteiger partial charge in [0.25, 0.3) is 0 Å². The van der Waals surface area contributed by atoms with E-state index in [1.54, 1.807) is 18.2 Å². The van der Waals surface area contributed by atoms with Gasteiger partial charge in [0.2, 0.25) is 0 Å². The average Bonchev–Trinajstić information content (AvgIpc) is 2.26. The van der Waals surface area contributed by atoms with E-state index in [0.29, 0.717) is 29.7 Å². The lowest BCUT2D eigenvalue weighted by Gasteiger charge is -2.06. The van der Waals surface area contributed by atoms with Crippen LogP contribution in [0.1, 0.15) is 15.9 Å². The van der Waals surface area contributed by atoms with Gasteiger partial charge in [-0.1, -0.05) is 12.2 Å². The van der Waals surface area contributed by atoms with E-state index in [9.17, 15) is 9.90 Å². The molecule has 4 nitrogen and oxygen atoms in total. The van der Waals surface area contributed by atoms with E-state index in [1.807, 2.05) is 0 Å². The second-order valence-corrected chi connectivity index (χ2v) is 2.91. The van der Waals surface area contributed by atoms with Gasteiger partial charge in [-0.25, -0.2) is 0 Å². The van der Waals surface area contributed by atoms with Gasteiger partial charge in [-0.05, 0) is 17.7 Å². The third-order valence-corrected chi connectivity index (χ3v) is 1.94. The molecule has 1 rings (SSSR count). The SMILES string of the molecule is COc1cc(/C=C/CN)c(C=O)cc1O. The van der Waals surface area contributed by atoms with Gasteiger partial charge in [0, 0.05) is 12.1 Å². The van der Waals surface area contributed by atoms with E-state index in [0.717, 1.165) is 0 Å². The van der Waals surface area contributed by atoms with Crippen LogP contribution in [0.2, 0.25) is 0 Å². The molecule has 0 aliphatic carbocycles. The number of benzene rings is 1. The molecule has 0 saturated heterocycles. The molecule has 0 atom stereocenters.